The molecule has 3 rings (SSSR count). The van der Waals surface area contributed by atoms with Crippen molar-refractivity contribution in [2.45, 2.75) is 13.5 Å². The summed E-state index contributed by atoms with van der Waals surface area (Å²) >= 11 is 0. The molecule has 132 valence electrons. The van der Waals surface area contributed by atoms with Gasteiger partial charge in [0.25, 0.3) is 17.4 Å². The standard InChI is InChI=1S/C16H15N7O3/c1-2-23-16(26)10-6-4-3-5-9(10)11(22-23)14(24)20-21-15(25)12-13(17)19-8-7-18-12/h3-8H,2H2,1H3,(H2,17,19)(H,20,24)(H,21,25). The predicted octanol–water partition coefficient (Wildman–Crippen LogP) is -0.137. The molecular weight excluding hydrogens is 338 g/mol. The maximum atomic E-state index is 12.5. The van der Waals surface area contributed by atoms with Gasteiger partial charge in [-0.2, -0.15) is 5.10 Å². The minimum Gasteiger partial charge on any atom is -0.382 e. The zero-order valence-electron chi connectivity index (χ0n) is 13.8. The van der Waals surface area contributed by atoms with Crippen molar-refractivity contribution in [2.24, 2.45) is 0 Å². The number of nitrogens with one attached hydrogen (secondary N) is 2. The van der Waals surface area contributed by atoms with E-state index in [1.54, 1.807) is 31.2 Å². The quantitative estimate of drug-likeness (QED) is 0.556. The molecule has 2 heterocycles. The molecular formula is C16H15N7O3. The SMILES string of the molecule is CCn1nc(C(=O)NNC(=O)c2nccnc2N)c2ccccc2c1=O. The Morgan fingerprint density at radius 3 is 2.31 bits per heavy atom. The Labute approximate surface area is 147 Å². The average molecular weight is 353 g/mol. The van der Waals surface area contributed by atoms with E-state index in [4.69, 9.17) is 5.73 Å². The van der Waals surface area contributed by atoms with Gasteiger partial charge in [-0.1, -0.05) is 18.2 Å². The Morgan fingerprint density at radius 1 is 1.04 bits per heavy atom. The summed E-state index contributed by atoms with van der Waals surface area (Å²) in [7, 11) is 0. The molecule has 3 aromatic rings. The number of amides is 2. The molecule has 26 heavy (non-hydrogen) atoms. The number of nitrogens with two attached hydrogens (primary N) is 1. The third-order valence-electron chi connectivity index (χ3n) is 3.61. The zero-order chi connectivity index (χ0) is 18.7. The Balaban J connectivity index is 1.89. The number of anilines is 1. The number of hydrogen-bond donors (Lipinski definition) is 3. The van der Waals surface area contributed by atoms with Gasteiger partial charge in [0.05, 0.1) is 5.39 Å². The molecule has 0 radical (unpaired) electrons. The van der Waals surface area contributed by atoms with Crippen molar-refractivity contribution in [3.8, 4) is 0 Å². The van der Waals surface area contributed by atoms with Crippen molar-refractivity contribution in [1.29, 1.82) is 0 Å². The third-order valence-corrected chi connectivity index (χ3v) is 3.61. The normalized spacial score (nSPS) is 10.5. The molecule has 4 N–H and O–H groups in total. The van der Waals surface area contributed by atoms with Crippen LogP contribution in [-0.4, -0.2) is 31.6 Å². The summed E-state index contributed by atoms with van der Waals surface area (Å²) in [5.74, 6) is -1.47. The molecule has 10 nitrogen and oxygen atoms in total. The highest BCUT2D eigenvalue weighted by Gasteiger charge is 2.18. The van der Waals surface area contributed by atoms with Crippen LogP contribution in [0.15, 0.2) is 41.5 Å². The maximum Gasteiger partial charge on any atom is 0.292 e. The molecule has 0 spiro atoms. The second kappa shape index (κ2) is 6.97. The van der Waals surface area contributed by atoms with E-state index < -0.39 is 11.8 Å². The molecule has 1 aromatic carbocycles. The van der Waals surface area contributed by atoms with Gasteiger partial charge in [-0.15, -0.1) is 0 Å². The van der Waals surface area contributed by atoms with Crippen LogP contribution in [0.2, 0.25) is 0 Å². The Bertz CT molecular complexity index is 1060. The monoisotopic (exact) mass is 353 g/mol. The van der Waals surface area contributed by atoms with Gasteiger partial charge in [0.15, 0.2) is 17.2 Å². The Hall–Kier alpha value is -3.82. The van der Waals surface area contributed by atoms with E-state index in [0.29, 0.717) is 17.3 Å². The number of carbonyl (C=O) groups is 2. The molecule has 10 heteroatoms. The fraction of sp³-hybridized carbons (Fsp3) is 0.125. The first-order valence-corrected chi connectivity index (χ1v) is 7.70. The van der Waals surface area contributed by atoms with Gasteiger partial charge < -0.3 is 5.73 Å². The summed E-state index contributed by atoms with van der Waals surface area (Å²) in [6.45, 7) is 2.04. The molecule has 0 saturated heterocycles. The average Bonchev–Trinajstić information content (AvgIpc) is 2.66. The maximum absolute atomic E-state index is 12.5. The van der Waals surface area contributed by atoms with E-state index in [1.807, 2.05) is 0 Å². The molecule has 2 amide bonds. The zero-order valence-corrected chi connectivity index (χ0v) is 13.8. The van der Waals surface area contributed by atoms with Crippen molar-refractivity contribution in [2.75, 3.05) is 5.73 Å². The molecule has 0 aliphatic carbocycles. The van der Waals surface area contributed by atoms with Crippen LogP contribution in [0.5, 0.6) is 0 Å². The van der Waals surface area contributed by atoms with Crippen molar-refractivity contribution >= 4 is 28.4 Å². The van der Waals surface area contributed by atoms with Gasteiger partial charge in [0.2, 0.25) is 0 Å². The molecule has 0 bridgehead atoms. The topological polar surface area (TPSA) is 145 Å². The number of hydrazine groups is 1. The third kappa shape index (κ3) is 3.07. The van der Waals surface area contributed by atoms with E-state index in [0.717, 1.165) is 0 Å². The number of carbonyl (C=O) groups excluding carboxylic acids is 2. The van der Waals surface area contributed by atoms with Crippen LogP contribution in [0.1, 0.15) is 27.9 Å². The molecule has 0 unspecified atom stereocenters. The van der Waals surface area contributed by atoms with Gasteiger partial charge in [0.1, 0.15) is 0 Å². The molecule has 0 aliphatic rings. The van der Waals surface area contributed by atoms with Crippen molar-refractivity contribution in [3.05, 3.63) is 58.4 Å². The molecule has 2 aromatic heterocycles. The smallest absolute Gasteiger partial charge is 0.292 e. The van der Waals surface area contributed by atoms with Crippen LogP contribution in [-0.2, 0) is 6.54 Å². The summed E-state index contributed by atoms with van der Waals surface area (Å²) in [5.41, 5.74) is 9.62. The summed E-state index contributed by atoms with van der Waals surface area (Å²) in [6.07, 6.45) is 2.65. The van der Waals surface area contributed by atoms with Crippen LogP contribution in [0.25, 0.3) is 10.8 Å². The van der Waals surface area contributed by atoms with Crippen LogP contribution in [0.3, 0.4) is 0 Å². The Kier molecular flexibility index (Phi) is 4.56. The van der Waals surface area contributed by atoms with Gasteiger partial charge >= 0.3 is 0 Å². The lowest BCUT2D eigenvalue weighted by atomic mass is 10.1. The Morgan fingerprint density at radius 2 is 1.65 bits per heavy atom. The van der Waals surface area contributed by atoms with Crippen molar-refractivity contribution in [1.82, 2.24) is 30.6 Å². The first-order valence-electron chi connectivity index (χ1n) is 7.70. The van der Waals surface area contributed by atoms with Gasteiger partial charge in [-0.25, -0.2) is 14.6 Å². The number of benzene rings is 1. The van der Waals surface area contributed by atoms with Crippen LogP contribution >= 0.6 is 0 Å². The molecule has 0 saturated carbocycles. The second-order valence-corrected chi connectivity index (χ2v) is 5.21. The number of aryl methyl sites for hydroxylation is 1. The first-order chi connectivity index (χ1) is 12.5. The van der Waals surface area contributed by atoms with Crippen LogP contribution in [0, 0.1) is 0 Å². The number of nitrogens with zero attached hydrogens (tertiary/aromatic N) is 4. The van der Waals surface area contributed by atoms with Crippen LogP contribution in [0.4, 0.5) is 5.82 Å². The summed E-state index contributed by atoms with van der Waals surface area (Å²) in [5, 5.41) is 4.82. The highest BCUT2D eigenvalue weighted by atomic mass is 16.2. The molecule has 0 atom stereocenters. The fourth-order valence-electron chi connectivity index (χ4n) is 2.37. The number of hydrogen-bond acceptors (Lipinski definition) is 7. The van der Waals surface area contributed by atoms with E-state index >= 15 is 0 Å². The summed E-state index contributed by atoms with van der Waals surface area (Å²) in [6, 6.07) is 6.61. The van der Waals surface area contributed by atoms with E-state index in [1.165, 1.54) is 17.1 Å². The summed E-state index contributed by atoms with van der Waals surface area (Å²) in [4.78, 5) is 44.4. The van der Waals surface area contributed by atoms with E-state index in [9.17, 15) is 14.4 Å². The van der Waals surface area contributed by atoms with Crippen molar-refractivity contribution in [3.63, 3.8) is 0 Å². The number of nitrogen functional groups attached to an aromatic ring is 1. The number of rotatable bonds is 3. The lowest BCUT2D eigenvalue weighted by molar-refractivity contribution is 0.0841. The molecule has 0 aliphatic heterocycles. The van der Waals surface area contributed by atoms with Gasteiger partial charge in [0, 0.05) is 24.3 Å². The minimum absolute atomic E-state index is 0.00877. The highest BCUT2D eigenvalue weighted by molar-refractivity contribution is 6.06. The highest BCUT2D eigenvalue weighted by Crippen LogP contribution is 2.13. The van der Waals surface area contributed by atoms with E-state index in [-0.39, 0.29) is 22.8 Å². The number of aromatic nitrogens is 4. The van der Waals surface area contributed by atoms with Crippen molar-refractivity contribution < 1.29 is 9.59 Å². The fourth-order valence-corrected chi connectivity index (χ4v) is 2.37. The van der Waals surface area contributed by atoms with Gasteiger partial charge in [-0.05, 0) is 13.0 Å². The van der Waals surface area contributed by atoms with Crippen LogP contribution < -0.4 is 22.1 Å². The minimum atomic E-state index is -0.725. The number of fused-ring (bicyclic) bond motifs is 1. The largest absolute Gasteiger partial charge is 0.382 e. The predicted molar refractivity (Wildman–Crippen MR) is 93.1 cm³/mol. The summed E-state index contributed by atoms with van der Waals surface area (Å²) < 4.78 is 1.18. The second-order valence-electron chi connectivity index (χ2n) is 5.21. The first kappa shape index (κ1) is 17.0. The van der Waals surface area contributed by atoms with Gasteiger partial charge in [-0.3, -0.25) is 25.2 Å². The lowest BCUT2D eigenvalue weighted by Crippen LogP contribution is -2.43. The lowest BCUT2D eigenvalue weighted by Gasteiger charge is -2.11. The molecule has 0 fully saturated rings. The van der Waals surface area contributed by atoms with E-state index in [2.05, 4.69) is 25.9 Å².